The van der Waals surface area contributed by atoms with Crippen LogP contribution in [-0.2, 0) is 9.59 Å². The average Bonchev–Trinajstić information content (AvgIpc) is 3.46. The molecule has 3 aromatic carbocycles. The molecule has 0 spiro atoms. The molecule has 1 saturated heterocycles. The van der Waals surface area contributed by atoms with Crippen LogP contribution in [0.15, 0.2) is 72.3 Å². The van der Waals surface area contributed by atoms with Crippen LogP contribution < -0.4 is 23.8 Å². The first kappa shape index (κ1) is 24.2. The van der Waals surface area contributed by atoms with Crippen LogP contribution in [0.4, 0.5) is 5.69 Å². The van der Waals surface area contributed by atoms with Gasteiger partial charge in [0, 0.05) is 11.3 Å². The number of ketones is 1. The summed E-state index contributed by atoms with van der Waals surface area (Å²) in [5, 5.41) is 11.4. The third kappa shape index (κ3) is 4.58. The number of carbonyl (C=O) groups excluding carboxylic acids is 2. The Morgan fingerprint density at radius 2 is 1.76 bits per heavy atom. The van der Waals surface area contributed by atoms with E-state index in [0.717, 1.165) is 0 Å². The van der Waals surface area contributed by atoms with Crippen molar-refractivity contribution in [2.45, 2.75) is 32.9 Å². The third-order valence-electron chi connectivity index (χ3n) is 6.06. The number of benzene rings is 3. The number of aliphatic hydroxyl groups excluding tert-OH is 1. The van der Waals surface area contributed by atoms with E-state index in [1.807, 2.05) is 26.8 Å². The Kier molecular flexibility index (Phi) is 6.48. The lowest BCUT2D eigenvalue weighted by atomic mass is 9.94. The summed E-state index contributed by atoms with van der Waals surface area (Å²) in [5.41, 5.74) is 1.43. The molecule has 37 heavy (non-hydrogen) atoms. The van der Waals surface area contributed by atoms with Crippen molar-refractivity contribution in [2.24, 2.45) is 0 Å². The van der Waals surface area contributed by atoms with Gasteiger partial charge in [0.25, 0.3) is 11.7 Å². The molecule has 2 aliphatic rings. The molecule has 1 unspecified atom stereocenters. The summed E-state index contributed by atoms with van der Waals surface area (Å²) in [4.78, 5) is 28.2. The fourth-order valence-corrected chi connectivity index (χ4v) is 4.51. The second-order valence-corrected chi connectivity index (χ2v) is 8.90. The van der Waals surface area contributed by atoms with E-state index in [1.54, 1.807) is 60.7 Å². The Bertz CT molecular complexity index is 1380. The van der Waals surface area contributed by atoms with Crippen LogP contribution in [0.3, 0.4) is 0 Å². The first-order valence-corrected chi connectivity index (χ1v) is 12.1. The lowest BCUT2D eigenvalue weighted by molar-refractivity contribution is -0.132. The molecule has 8 heteroatoms. The van der Waals surface area contributed by atoms with Gasteiger partial charge in [0.05, 0.1) is 24.3 Å². The van der Waals surface area contributed by atoms with Gasteiger partial charge in [-0.1, -0.05) is 12.1 Å². The Labute approximate surface area is 214 Å². The zero-order chi connectivity index (χ0) is 26.1. The summed E-state index contributed by atoms with van der Waals surface area (Å²) in [5.74, 6) is 0.399. The molecule has 1 fully saturated rings. The summed E-state index contributed by atoms with van der Waals surface area (Å²) in [6.45, 7) is 6.29. The number of hydrogen-bond donors (Lipinski definition) is 1. The molecule has 1 amide bonds. The van der Waals surface area contributed by atoms with Crippen molar-refractivity contribution in [2.75, 3.05) is 18.3 Å². The number of fused-ring (bicyclic) bond motifs is 1. The highest BCUT2D eigenvalue weighted by Gasteiger charge is 2.47. The maximum atomic E-state index is 13.4. The molecule has 0 radical (unpaired) electrons. The topological polar surface area (TPSA) is 94.5 Å². The summed E-state index contributed by atoms with van der Waals surface area (Å²) in [6.07, 6.45) is -0.0682. The molecular formula is C29H27NO7. The van der Waals surface area contributed by atoms with Crippen molar-refractivity contribution in [1.82, 2.24) is 0 Å². The van der Waals surface area contributed by atoms with Crippen molar-refractivity contribution in [3.8, 4) is 23.0 Å². The van der Waals surface area contributed by atoms with Crippen LogP contribution in [-0.4, -0.2) is 36.3 Å². The Morgan fingerprint density at radius 1 is 1.00 bits per heavy atom. The van der Waals surface area contributed by atoms with E-state index in [0.29, 0.717) is 46.4 Å². The van der Waals surface area contributed by atoms with Crippen LogP contribution in [0, 0.1) is 0 Å². The van der Waals surface area contributed by atoms with Crippen LogP contribution in [0.1, 0.15) is 37.9 Å². The van der Waals surface area contributed by atoms with Gasteiger partial charge >= 0.3 is 0 Å². The molecule has 1 atom stereocenters. The molecule has 3 aromatic rings. The monoisotopic (exact) mass is 501 g/mol. The van der Waals surface area contributed by atoms with Crippen LogP contribution in [0.2, 0.25) is 0 Å². The summed E-state index contributed by atoms with van der Waals surface area (Å²) in [6, 6.07) is 18.1. The predicted octanol–water partition coefficient (Wildman–Crippen LogP) is 5.23. The smallest absolute Gasteiger partial charge is 0.300 e. The van der Waals surface area contributed by atoms with Crippen molar-refractivity contribution < 1.29 is 33.6 Å². The maximum Gasteiger partial charge on any atom is 0.300 e. The number of anilines is 1. The minimum Gasteiger partial charge on any atom is -0.507 e. The molecular weight excluding hydrogens is 474 g/mol. The number of carbonyl (C=O) groups is 2. The van der Waals surface area contributed by atoms with Gasteiger partial charge in [-0.15, -0.1) is 0 Å². The number of aliphatic hydroxyl groups is 1. The molecule has 0 bridgehead atoms. The third-order valence-corrected chi connectivity index (χ3v) is 6.06. The summed E-state index contributed by atoms with van der Waals surface area (Å²) in [7, 11) is 0. The zero-order valence-electron chi connectivity index (χ0n) is 20.8. The normalized spacial score (nSPS) is 17.9. The first-order chi connectivity index (χ1) is 17.9. The molecule has 1 N–H and O–H groups in total. The maximum absolute atomic E-state index is 13.4. The molecule has 2 heterocycles. The number of rotatable bonds is 7. The SMILES string of the molecule is CCOc1ccc(N2C(=O)C(=O)/C(=C(\O)c3ccc4c(c3)OCO4)C2c2cccc(OC(C)C)c2)cc1. The highest BCUT2D eigenvalue weighted by Crippen LogP contribution is 2.44. The highest BCUT2D eigenvalue weighted by molar-refractivity contribution is 6.51. The Balaban J connectivity index is 1.66. The number of nitrogens with zero attached hydrogens (tertiary/aromatic N) is 1. The summed E-state index contributed by atoms with van der Waals surface area (Å²) < 4.78 is 22.2. The number of hydrogen-bond acceptors (Lipinski definition) is 7. The zero-order valence-corrected chi connectivity index (χ0v) is 20.8. The second-order valence-electron chi connectivity index (χ2n) is 8.90. The standard InChI is InChI=1S/C29H27NO7/c1-4-34-21-11-9-20(10-12-21)30-26(18-6-5-7-22(14-18)37-17(2)3)25(28(32)29(30)33)27(31)19-8-13-23-24(15-19)36-16-35-23/h5-15,17,26,31H,4,16H2,1-3H3/b27-25-. The molecule has 190 valence electrons. The second kappa shape index (κ2) is 9.89. The van der Waals surface area contributed by atoms with E-state index in [-0.39, 0.29) is 24.2 Å². The van der Waals surface area contributed by atoms with E-state index < -0.39 is 17.7 Å². The predicted molar refractivity (Wildman–Crippen MR) is 137 cm³/mol. The first-order valence-electron chi connectivity index (χ1n) is 12.1. The highest BCUT2D eigenvalue weighted by atomic mass is 16.7. The van der Waals surface area contributed by atoms with Gasteiger partial charge in [0.1, 0.15) is 17.3 Å². The van der Waals surface area contributed by atoms with Crippen LogP contribution in [0.5, 0.6) is 23.0 Å². The largest absolute Gasteiger partial charge is 0.507 e. The molecule has 5 rings (SSSR count). The van der Waals surface area contributed by atoms with Gasteiger partial charge in [-0.3, -0.25) is 14.5 Å². The van der Waals surface area contributed by atoms with Crippen LogP contribution >= 0.6 is 0 Å². The Hall–Kier alpha value is -4.46. The van der Waals surface area contributed by atoms with E-state index in [2.05, 4.69) is 0 Å². The van der Waals surface area contributed by atoms with E-state index >= 15 is 0 Å². The number of Topliss-reactive ketones (excluding diaryl/α,β-unsaturated/α-hetero) is 1. The minimum atomic E-state index is -0.890. The molecule has 8 nitrogen and oxygen atoms in total. The number of amides is 1. The lowest BCUT2D eigenvalue weighted by Gasteiger charge is -2.26. The fourth-order valence-electron chi connectivity index (χ4n) is 4.51. The van der Waals surface area contributed by atoms with E-state index in [9.17, 15) is 14.7 Å². The molecule has 2 aliphatic heterocycles. The fraction of sp³-hybridized carbons (Fsp3) is 0.241. The molecule has 0 aliphatic carbocycles. The lowest BCUT2D eigenvalue weighted by Crippen LogP contribution is -2.29. The van der Waals surface area contributed by atoms with Crippen molar-refractivity contribution in [3.05, 3.63) is 83.4 Å². The van der Waals surface area contributed by atoms with Crippen molar-refractivity contribution >= 4 is 23.1 Å². The van der Waals surface area contributed by atoms with E-state index in [4.69, 9.17) is 18.9 Å². The average molecular weight is 502 g/mol. The van der Waals surface area contributed by atoms with Gasteiger partial charge in [0.2, 0.25) is 6.79 Å². The van der Waals surface area contributed by atoms with Crippen molar-refractivity contribution in [1.29, 1.82) is 0 Å². The number of ether oxygens (including phenoxy) is 4. The van der Waals surface area contributed by atoms with Gasteiger partial charge in [-0.05, 0) is 80.9 Å². The van der Waals surface area contributed by atoms with Gasteiger partial charge in [0.15, 0.2) is 11.5 Å². The quantitative estimate of drug-likeness (QED) is 0.269. The Morgan fingerprint density at radius 3 is 2.49 bits per heavy atom. The van der Waals surface area contributed by atoms with Crippen LogP contribution in [0.25, 0.3) is 5.76 Å². The minimum absolute atomic E-state index is 0.0283. The van der Waals surface area contributed by atoms with Gasteiger partial charge < -0.3 is 24.1 Å². The van der Waals surface area contributed by atoms with Gasteiger partial charge in [-0.2, -0.15) is 0 Å². The summed E-state index contributed by atoms with van der Waals surface area (Å²) >= 11 is 0. The van der Waals surface area contributed by atoms with E-state index in [1.165, 1.54) is 4.90 Å². The van der Waals surface area contributed by atoms with Gasteiger partial charge in [-0.25, -0.2) is 0 Å². The molecule has 0 aromatic heterocycles. The van der Waals surface area contributed by atoms with Crippen molar-refractivity contribution in [3.63, 3.8) is 0 Å². The molecule has 0 saturated carbocycles.